The molecule has 9 heteroatoms. The fourth-order valence-corrected chi connectivity index (χ4v) is 4.35. The van der Waals surface area contributed by atoms with E-state index in [1.807, 2.05) is 47.4 Å². The fourth-order valence-electron chi connectivity index (χ4n) is 3.42. The van der Waals surface area contributed by atoms with E-state index in [0.29, 0.717) is 54.3 Å². The molecule has 2 heterocycles. The number of piperazine rings is 1. The molecular weight excluding hydrogens is 449 g/mol. The van der Waals surface area contributed by atoms with Crippen LogP contribution in [0.4, 0.5) is 4.39 Å². The summed E-state index contributed by atoms with van der Waals surface area (Å²) in [6.07, 6.45) is 3.81. The van der Waals surface area contributed by atoms with Crippen molar-refractivity contribution in [3.05, 3.63) is 76.3 Å². The van der Waals surface area contributed by atoms with E-state index in [-0.39, 0.29) is 17.5 Å². The number of carbonyl (C=O) groups excluding carboxylic acids is 1. The van der Waals surface area contributed by atoms with Crippen molar-refractivity contribution in [3.63, 3.8) is 0 Å². The number of H-pyrrole nitrogens is 1. The van der Waals surface area contributed by atoms with Crippen LogP contribution in [0.1, 0.15) is 17.0 Å². The number of hydrogen-bond acceptors (Lipinski definition) is 5. The molecule has 6 nitrogen and oxygen atoms in total. The Kier molecular flexibility index (Phi) is 7.57. The summed E-state index contributed by atoms with van der Waals surface area (Å²) < 4.78 is 14.0. The van der Waals surface area contributed by atoms with Crippen molar-refractivity contribution >= 4 is 41.4 Å². The van der Waals surface area contributed by atoms with Gasteiger partial charge >= 0.3 is 0 Å². The summed E-state index contributed by atoms with van der Waals surface area (Å²) in [6.45, 7) is 3.00. The maximum absolute atomic E-state index is 14.0. The second kappa shape index (κ2) is 10.8. The van der Waals surface area contributed by atoms with E-state index in [1.54, 1.807) is 12.1 Å². The third-order valence-electron chi connectivity index (χ3n) is 5.21. The molecule has 0 bridgehead atoms. The molecule has 1 amide bonds. The van der Waals surface area contributed by atoms with E-state index in [0.717, 1.165) is 5.56 Å². The highest BCUT2D eigenvalue weighted by molar-refractivity contribution is 7.99. The highest BCUT2D eigenvalue weighted by atomic mass is 35.5. The van der Waals surface area contributed by atoms with Gasteiger partial charge in [0.2, 0.25) is 11.1 Å². The molecule has 1 aromatic heterocycles. The predicted octanol–water partition coefficient (Wildman–Crippen LogP) is 4.20. The predicted molar refractivity (Wildman–Crippen MR) is 126 cm³/mol. The molecule has 0 saturated carbocycles. The van der Waals surface area contributed by atoms with E-state index in [1.165, 1.54) is 17.8 Å². The topological polar surface area (TPSA) is 65.1 Å². The molecule has 1 N–H and O–H groups in total. The van der Waals surface area contributed by atoms with Gasteiger partial charge in [0.25, 0.3) is 0 Å². The lowest BCUT2D eigenvalue weighted by Gasteiger charge is -2.34. The van der Waals surface area contributed by atoms with E-state index >= 15 is 0 Å². The number of carbonyl (C=O) groups is 1. The molecule has 0 atom stereocenters. The second-order valence-electron chi connectivity index (χ2n) is 7.39. The molecule has 4 rings (SSSR count). The summed E-state index contributed by atoms with van der Waals surface area (Å²) >= 11 is 7.44. The third-order valence-corrected chi connectivity index (χ3v) is 6.39. The Hall–Kier alpha value is -2.68. The number of halogens is 2. The number of rotatable bonds is 7. The van der Waals surface area contributed by atoms with E-state index in [2.05, 4.69) is 20.1 Å². The third kappa shape index (κ3) is 5.97. The first-order valence-electron chi connectivity index (χ1n) is 10.3. The van der Waals surface area contributed by atoms with Crippen molar-refractivity contribution in [2.24, 2.45) is 0 Å². The van der Waals surface area contributed by atoms with E-state index in [4.69, 9.17) is 11.6 Å². The van der Waals surface area contributed by atoms with Gasteiger partial charge in [0.15, 0.2) is 0 Å². The lowest BCUT2D eigenvalue weighted by atomic mass is 10.2. The van der Waals surface area contributed by atoms with Gasteiger partial charge in [0.1, 0.15) is 11.6 Å². The largest absolute Gasteiger partial charge is 0.339 e. The fraction of sp³-hybridized carbons (Fsp3) is 0.261. The summed E-state index contributed by atoms with van der Waals surface area (Å²) in [6, 6.07) is 14.6. The number of nitrogens with one attached hydrogen (secondary N) is 1. The molecule has 1 aliphatic rings. The highest BCUT2D eigenvalue weighted by Crippen LogP contribution is 2.22. The zero-order valence-corrected chi connectivity index (χ0v) is 18.9. The average molecular weight is 472 g/mol. The number of hydrogen-bond donors (Lipinski definition) is 1. The molecule has 0 spiro atoms. The monoisotopic (exact) mass is 471 g/mol. The van der Waals surface area contributed by atoms with Crippen molar-refractivity contribution < 1.29 is 9.18 Å². The molecule has 166 valence electrons. The molecule has 1 fully saturated rings. The molecule has 1 aliphatic heterocycles. The number of nitrogens with zero attached hydrogens (tertiary/aromatic N) is 4. The van der Waals surface area contributed by atoms with Crippen LogP contribution >= 0.6 is 23.4 Å². The molecule has 0 aliphatic carbocycles. The van der Waals surface area contributed by atoms with Crippen LogP contribution in [-0.2, 0) is 11.3 Å². The number of thioether (sulfide) groups is 1. The Morgan fingerprint density at radius 3 is 2.62 bits per heavy atom. The Morgan fingerprint density at radius 1 is 1.09 bits per heavy atom. The number of amides is 1. The van der Waals surface area contributed by atoms with Crippen molar-refractivity contribution in [1.82, 2.24) is 25.0 Å². The molecule has 0 unspecified atom stereocenters. The lowest BCUT2D eigenvalue weighted by molar-refractivity contribution is -0.130. The smallest absolute Gasteiger partial charge is 0.233 e. The lowest BCUT2D eigenvalue weighted by Crippen LogP contribution is -2.48. The summed E-state index contributed by atoms with van der Waals surface area (Å²) in [5.41, 5.74) is 1.58. The van der Waals surface area contributed by atoms with Crippen molar-refractivity contribution in [3.8, 4) is 0 Å². The van der Waals surface area contributed by atoms with E-state index in [9.17, 15) is 9.18 Å². The molecule has 32 heavy (non-hydrogen) atoms. The minimum absolute atomic E-state index is 0.0461. The number of aromatic amines is 1. The van der Waals surface area contributed by atoms with Crippen LogP contribution in [0.3, 0.4) is 0 Å². The van der Waals surface area contributed by atoms with Gasteiger partial charge in [-0.2, -0.15) is 0 Å². The average Bonchev–Trinajstić information content (AvgIpc) is 3.28. The van der Waals surface area contributed by atoms with Crippen LogP contribution in [-0.4, -0.2) is 62.8 Å². The molecule has 2 aromatic carbocycles. The zero-order chi connectivity index (χ0) is 22.3. The summed E-state index contributed by atoms with van der Waals surface area (Å²) in [7, 11) is 0. The first kappa shape index (κ1) is 22.5. The van der Waals surface area contributed by atoms with Crippen LogP contribution in [0, 0.1) is 5.82 Å². The van der Waals surface area contributed by atoms with Crippen LogP contribution in [0.2, 0.25) is 5.02 Å². The minimum atomic E-state index is -0.295. The summed E-state index contributed by atoms with van der Waals surface area (Å²) in [4.78, 5) is 20.9. The van der Waals surface area contributed by atoms with Crippen molar-refractivity contribution in [2.75, 3.05) is 31.9 Å². The van der Waals surface area contributed by atoms with Gasteiger partial charge < -0.3 is 4.90 Å². The number of benzene rings is 2. The minimum Gasteiger partial charge on any atom is -0.339 e. The molecule has 1 saturated heterocycles. The Balaban J connectivity index is 1.23. The van der Waals surface area contributed by atoms with Gasteiger partial charge in [0, 0.05) is 43.3 Å². The normalized spacial score (nSPS) is 14.9. The number of aromatic nitrogens is 3. The first-order chi connectivity index (χ1) is 15.6. The van der Waals surface area contributed by atoms with Gasteiger partial charge in [-0.15, -0.1) is 5.10 Å². The standard InChI is InChI=1S/C23H23ClFN5OS/c24-19-7-4-8-20(25)18(19)15-29-11-13-30(14-12-29)22(31)16-32-23-26-21(27-28-23)10-9-17-5-2-1-3-6-17/h1-10H,11-16H2,(H,26,27,28)/b10-9+. The first-order valence-corrected chi connectivity index (χ1v) is 11.7. The Morgan fingerprint density at radius 2 is 1.88 bits per heavy atom. The van der Waals surface area contributed by atoms with Gasteiger partial charge in [-0.05, 0) is 23.8 Å². The van der Waals surface area contributed by atoms with Gasteiger partial charge in [-0.1, -0.05) is 65.8 Å². The maximum atomic E-state index is 14.0. The van der Waals surface area contributed by atoms with Crippen molar-refractivity contribution in [1.29, 1.82) is 0 Å². The zero-order valence-electron chi connectivity index (χ0n) is 17.4. The quantitative estimate of drug-likeness (QED) is 0.523. The molecule has 0 radical (unpaired) electrons. The van der Waals surface area contributed by atoms with Crippen LogP contribution < -0.4 is 0 Å². The van der Waals surface area contributed by atoms with Gasteiger partial charge in [-0.25, -0.2) is 9.37 Å². The summed E-state index contributed by atoms with van der Waals surface area (Å²) in [5.74, 6) is 0.671. The maximum Gasteiger partial charge on any atom is 0.233 e. The second-order valence-corrected chi connectivity index (χ2v) is 8.74. The Bertz CT molecular complexity index is 1060. The summed E-state index contributed by atoms with van der Waals surface area (Å²) in [5, 5.41) is 8.02. The van der Waals surface area contributed by atoms with Gasteiger partial charge in [0.05, 0.1) is 5.75 Å². The highest BCUT2D eigenvalue weighted by Gasteiger charge is 2.22. The molecular formula is C23H23ClFN5OS. The van der Waals surface area contributed by atoms with Crippen molar-refractivity contribution in [2.45, 2.75) is 11.7 Å². The van der Waals surface area contributed by atoms with Crippen LogP contribution in [0.15, 0.2) is 53.7 Å². The van der Waals surface area contributed by atoms with Gasteiger partial charge in [-0.3, -0.25) is 14.8 Å². The molecule has 3 aromatic rings. The SMILES string of the molecule is O=C(CSc1n[nH]c(/C=C/c2ccccc2)n1)N1CCN(Cc2c(F)cccc2Cl)CC1. The van der Waals surface area contributed by atoms with Crippen LogP contribution in [0.5, 0.6) is 0 Å². The van der Waals surface area contributed by atoms with Crippen LogP contribution in [0.25, 0.3) is 12.2 Å². The Labute approximate surface area is 195 Å². The van der Waals surface area contributed by atoms with E-state index < -0.39 is 0 Å².